The van der Waals surface area contributed by atoms with Gasteiger partial charge in [-0.2, -0.15) is 13.2 Å². The number of alkyl halides is 3. The zero-order valence-electron chi connectivity index (χ0n) is 13.0. The molecule has 0 radical (unpaired) electrons. The Morgan fingerprint density at radius 3 is 2.58 bits per heavy atom. The number of sulfonamides is 1. The van der Waals surface area contributed by atoms with Crippen LogP contribution in [0.5, 0.6) is 0 Å². The molecule has 5 nitrogen and oxygen atoms in total. The fraction of sp³-hybridized carbons (Fsp3) is 0.133. The number of halogens is 4. The highest BCUT2D eigenvalue weighted by Crippen LogP contribution is 2.37. The van der Waals surface area contributed by atoms with Gasteiger partial charge in [0.1, 0.15) is 10.6 Å². The molecular formula is C15H10ClF3N2O3S2. The van der Waals surface area contributed by atoms with Gasteiger partial charge in [0.2, 0.25) is 5.76 Å². The Hall–Kier alpha value is -2.04. The predicted molar refractivity (Wildman–Crippen MR) is 91.8 cm³/mol. The number of nitrogens with zero attached hydrogens (tertiary/aromatic N) is 1. The Morgan fingerprint density at radius 1 is 1.23 bits per heavy atom. The predicted octanol–water partition coefficient (Wildman–Crippen LogP) is 5.18. The van der Waals surface area contributed by atoms with Crippen LogP contribution in [-0.2, 0) is 16.2 Å². The van der Waals surface area contributed by atoms with E-state index in [1.807, 2.05) is 0 Å². The van der Waals surface area contributed by atoms with Crippen LogP contribution >= 0.6 is 22.9 Å². The summed E-state index contributed by atoms with van der Waals surface area (Å²) in [5, 5.41) is 3.72. The number of hydrogen-bond acceptors (Lipinski definition) is 5. The third-order valence-corrected chi connectivity index (χ3v) is 6.23. The highest BCUT2D eigenvalue weighted by molar-refractivity contribution is 7.93. The van der Waals surface area contributed by atoms with Gasteiger partial charge in [0, 0.05) is 16.0 Å². The van der Waals surface area contributed by atoms with Gasteiger partial charge in [0.25, 0.3) is 10.0 Å². The number of aryl methyl sites for hydroxylation is 1. The van der Waals surface area contributed by atoms with Crippen molar-refractivity contribution in [2.24, 2.45) is 0 Å². The summed E-state index contributed by atoms with van der Waals surface area (Å²) in [6.45, 7) is 1.55. The molecule has 0 aliphatic heterocycles. The van der Waals surface area contributed by atoms with Gasteiger partial charge in [0.05, 0.1) is 10.6 Å². The summed E-state index contributed by atoms with van der Waals surface area (Å²) in [4.78, 5) is 0.577. The standard InChI is InChI=1S/C15H10ClF3N2O3S2/c1-8-13(26(22,23)21-10-4-2-3-9(16)5-10)7-12(25-8)11-6-14(24-20-11)15(17,18)19/h2-7,21H,1H3. The minimum Gasteiger partial charge on any atom is -0.351 e. The molecule has 0 aliphatic carbocycles. The zero-order valence-corrected chi connectivity index (χ0v) is 15.4. The first-order valence-corrected chi connectivity index (χ1v) is 9.67. The Kier molecular flexibility index (Phi) is 4.76. The van der Waals surface area contributed by atoms with Crippen molar-refractivity contribution < 1.29 is 26.1 Å². The van der Waals surface area contributed by atoms with Crippen molar-refractivity contribution in [1.29, 1.82) is 0 Å². The van der Waals surface area contributed by atoms with E-state index >= 15 is 0 Å². The number of thiophene rings is 1. The minimum atomic E-state index is -4.67. The first-order chi connectivity index (χ1) is 12.1. The molecule has 3 rings (SSSR count). The zero-order chi connectivity index (χ0) is 19.1. The van der Waals surface area contributed by atoms with E-state index in [9.17, 15) is 21.6 Å². The highest BCUT2D eigenvalue weighted by Gasteiger charge is 2.36. The second-order valence-electron chi connectivity index (χ2n) is 5.22. The second-order valence-corrected chi connectivity index (χ2v) is 8.56. The Balaban J connectivity index is 1.93. The van der Waals surface area contributed by atoms with Crippen molar-refractivity contribution in [3.05, 3.63) is 52.1 Å². The molecule has 138 valence electrons. The number of rotatable bonds is 4. The summed E-state index contributed by atoms with van der Waals surface area (Å²) >= 11 is 6.83. The molecule has 0 saturated carbocycles. The maximum Gasteiger partial charge on any atom is 0.452 e. The van der Waals surface area contributed by atoms with Crippen LogP contribution < -0.4 is 4.72 Å². The number of hydrogen-bond donors (Lipinski definition) is 1. The van der Waals surface area contributed by atoms with Gasteiger partial charge in [-0.1, -0.05) is 22.8 Å². The Bertz CT molecular complexity index is 1060. The molecule has 1 aromatic carbocycles. The fourth-order valence-electron chi connectivity index (χ4n) is 2.15. The topological polar surface area (TPSA) is 72.2 Å². The van der Waals surface area contributed by atoms with Crippen molar-refractivity contribution in [1.82, 2.24) is 5.16 Å². The normalized spacial score (nSPS) is 12.3. The molecule has 2 aromatic heterocycles. The van der Waals surface area contributed by atoms with E-state index in [-0.39, 0.29) is 21.2 Å². The molecule has 0 saturated heterocycles. The summed E-state index contributed by atoms with van der Waals surface area (Å²) < 4.78 is 69.7. The third-order valence-electron chi connectivity index (χ3n) is 3.28. The molecule has 3 aromatic rings. The third kappa shape index (κ3) is 3.87. The van der Waals surface area contributed by atoms with Crippen LogP contribution in [0.3, 0.4) is 0 Å². The summed E-state index contributed by atoms with van der Waals surface area (Å²) in [7, 11) is -3.95. The Morgan fingerprint density at radius 2 is 1.96 bits per heavy atom. The largest absolute Gasteiger partial charge is 0.452 e. The first kappa shape index (κ1) is 18.7. The van der Waals surface area contributed by atoms with Gasteiger partial charge < -0.3 is 4.52 Å². The van der Waals surface area contributed by atoms with E-state index in [0.29, 0.717) is 9.90 Å². The van der Waals surface area contributed by atoms with Crippen LogP contribution in [0.1, 0.15) is 10.6 Å². The summed E-state index contributed by atoms with van der Waals surface area (Å²) in [5.74, 6) is -1.25. The fourth-order valence-corrected chi connectivity index (χ4v) is 4.93. The smallest absolute Gasteiger partial charge is 0.351 e. The van der Waals surface area contributed by atoms with Crippen LogP contribution in [-0.4, -0.2) is 13.6 Å². The van der Waals surface area contributed by atoms with E-state index in [0.717, 1.165) is 17.4 Å². The van der Waals surface area contributed by atoms with E-state index in [1.54, 1.807) is 19.1 Å². The molecule has 1 N–H and O–H groups in total. The first-order valence-electron chi connectivity index (χ1n) is 6.99. The molecule has 0 bridgehead atoms. The molecule has 2 heterocycles. The van der Waals surface area contributed by atoms with Gasteiger partial charge in [-0.05, 0) is 31.2 Å². The SMILES string of the molecule is Cc1sc(-c2cc(C(F)(F)F)on2)cc1S(=O)(=O)Nc1cccc(Cl)c1. The van der Waals surface area contributed by atoms with Gasteiger partial charge in [-0.25, -0.2) is 8.42 Å². The van der Waals surface area contributed by atoms with E-state index < -0.39 is 22.0 Å². The lowest BCUT2D eigenvalue weighted by atomic mass is 10.3. The maximum atomic E-state index is 12.6. The summed E-state index contributed by atoms with van der Waals surface area (Å²) in [5.41, 5.74) is 0.181. The van der Waals surface area contributed by atoms with Crippen LogP contribution in [0.2, 0.25) is 5.02 Å². The number of anilines is 1. The molecule has 0 amide bonds. The van der Waals surface area contributed by atoms with Gasteiger partial charge in [-0.15, -0.1) is 11.3 Å². The summed E-state index contributed by atoms with van der Waals surface area (Å²) in [6, 6.07) is 8.13. The molecule has 26 heavy (non-hydrogen) atoms. The van der Waals surface area contributed by atoms with Crippen molar-refractivity contribution in [2.45, 2.75) is 18.0 Å². The van der Waals surface area contributed by atoms with Crippen molar-refractivity contribution in [3.63, 3.8) is 0 Å². The van der Waals surface area contributed by atoms with Crippen LogP contribution in [0.15, 0.2) is 45.8 Å². The lowest BCUT2D eigenvalue weighted by Gasteiger charge is -2.07. The van der Waals surface area contributed by atoms with Gasteiger partial charge >= 0.3 is 6.18 Å². The maximum absolute atomic E-state index is 12.6. The van der Waals surface area contributed by atoms with Crippen LogP contribution in [0, 0.1) is 6.92 Å². The Labute approximate surface area is 155 Å². The quantitative estimate of drug-likeness (QED) is 0.628. The number of aromatic nitrogens is 1. The van der Waals surface area contributed by atoms with Crippen molar-refractivity contribution >= 4 is 38.6 Å². The van der Waals surface area contributed by atoms with E-state index in [2.05, 4.69) is 14.4 Å². The lowest BCUT2D eigenvalue weighted by Crippen LogP contribution is -2.13. The highest BCUT2D eigenvalue weighted by atomic mass is 35.5. The second kappa shape index (κ2) is 6.60. The average Bonchev–Trinajstić information content (AvgIpc) is 3.12. The number of nitrogens with one attached hydrogen (secondary N) is 1. The molecule has 0 spiro atoms. The number of benzene rings is 1. The van der Waals surface area contributed by atoms with Crippen LogP contribution in [0.25, 0.3) is 10.6 Å². The van der Waals surface area contributed by atoms with E-state index in [4.69, 9.17) is 11.6 Å². The minimum absolute atomic E-state index is 0.0611. The molecule has 11 heteroatoms. The average molecular weight is 423 g/mol. The molecule has 0 aliphatic rings. The lowest BCUT2D eigenvalue weighted by molar-refractivity contribution is -0.155. The van der Waals surface area contributed by atoms with Gasteiger partial charge in [0.15, 0.2) is 0 Å². The van der Waals surface area contributed by atoms with Crippen molar-refractivity contribution in [3.8, 4) is 10.6 Å². The molecule has 0 unspecified atom stereocenters. The van der Waals surface area contributed by atoms with Crippen LogP contribution in [0.4, 0.5) is 18.9 Å². The summed E-state index contributed by atoms with van der Waals surface area (Å²) in [6.07, 6.45) is -4.67. The van der Waals surface area contributed by atoms with E-state index in [1.165, 1.54) is 18.2 Å². The molecule has 0 atom stereocenters. The van der Waals surface area contributed by atoms with Crippen molar-refractivity contribution in [2.75, 3.05) is 4.72 Å². The van der Waals surface area contributed by atoms with Gasteiger partial charge in [-0.3, -0.25) is 4.72 Å². The molecular weight excluding hydrogens is 413 g/mol. The monoisotopic (exact) mass is 422 g/mol. The molecule has 0 fully saturated rings.